The molecule has 0 aromatic heterocycles. The molecule has 0 aromatic rings. The fraction of sp³-hybridized carbons (Fsp3) is 0.833. The quantitative estimate of drug-likeness (QED) is 0.624. The second kappa shape index (κ2) is 8.98. The van der Waals surface area contributed by atoms with E-state index in [1.807, 2.05) is 0 Å². The van der Waals surface area contributed by atoms with Gasteiger partial charge in [-0.2, -0.15) is 0 Å². The largest absolute Gasteiger partial charge is 0.344 e. The summed E-state index contributed by atoms with van der Waals surface area (Å²) in [6.07, 6.45) is 1.09. The zero-order chi connectivity index (χ0) is 13.3. The molecule has 0 fully saturated rings. The zero-order valence-corrected chi connectivity index (χ0v) is 11.5. The third-order valence-corrected chi connectivity index (χ3v) is 2.67. The molecule has 2 amide bonds. The molecular weight excluding hydrogens is 218 g/mol. The van der Waals surface area contributed by atoms with Crippen molar-refractivity contribution in [2.24, 2.45) is 0 Å². The Morgan fingerprint density at radius 2 is 1.65 bits per heavy atom. The smallest absolute Gasteiger partial charge is 0.219 e. The maximum atomic E-state index is 11.4. The summed E-state index contributed by atoms with van der Waals surface area (Å²) in [5.74, 6) is 0.0814. The molecule has 0 aliphatic rings. The number of hydrogen-bond donors (Lipinski definition) is 1. The van der Waals surface area contributed by atoms with Gasteiger partial charge >= 0.3 is 0 Å². The summed E-state index contributed by atoms with van der Waals surface area (Å²) < 4.78 is 0. The molecule has 0 unspecified atom stereocenters. The zero-order valence-electron chi connectivity index (χ0n) is 11.5. The molecule has 0 heterocycles. The summed E-state index contributed by atoms with van der Waals surface area (Å²) in [4.78, 5) is 25.8. The Labute approximate surface area is 104 Å². The van der Waals surface area contributed by atoms with E-state index in [1.165, 1.54) is 6.92 Å². The number of carbonyl (C=O) groups is 2. The summed E-state index contributed by atoms with van der Waals surface area (Å²) in [6, 6.07) is 0. The van der Waals surface area contributed by atoms with Crippen LogP contribution in [0.2, 0.25) is 0 Å². The van der Waals surface area contributed by atoms with E-state index in [9.17, 15) is 9.59 Å². The van der Waals surface area contributed by atoms with Gasteiger partial charge in [0.1, 0.15) is 0 Å². The molecule has 0 spiro atoms. The summed E-state index contributed by atoms with van der Waals surface area (Å²) in [7, 11) is 1.75. The minimum Gasteiger partial charge on any atom is -0.344 e. The van der Waals surface area contributed by atoms with Crippen LogP contribution in [0.25, 0.3) is 0 Å². The third-order valence-electron chi connectivity index (χ3n) is 2.67. The van der Waals surface area contributed by atoms with Crippen molar-refractivity contribution in [2.45, 2.75) is 27.2 Å². The predicted octanol–water partition coefficient (Wildman–Crippen LogP) is 0.313. The molecule has 0 aliphatic heterocycles. The van der Waals surface area contributed by atoms with Crippen LogP contribution >= 0.6 is 0 Å². The van der Waals surface area contributed by atoms with Crippen molar-refractivity contribution in [2.75, 3.05) is 39.8 Å². The van der Waals surface area contributed by atoms with Gasteiger partial charge in [0.25, 0.3) is 0 Å². The lowest BCUT2D eigenvalue weighted by atomic mass is 10.4. The van der Waals surface area contributed by atoms with E-state index < -0.39 is 0 Å². The Kier molecular flexibility index (Phi) is 8.40. The van der Waals surface area contributed by atoms with Gasteiger partial charge in [-0.05, 0) is 13.0 Å². The number of likely N-dealkylation sites (N-methyl/N-ethyl adjacent to an activating group) is 1. The van der Waals surface area contributed by atoms with Crippen molar-refractivity contribution < 1.29 is 9.59 Å². The van der Waals surface area contributed by atoms with Crippen LogP contribution in [0.3, 0.4) is 0 Å². The van der Waals surface area contributed by atoms with Crippen molar-refractivity contribution in [3.63, 3.8) is 0 Å². The van der Waals surface area contributed by atoms with E-state index in [1.54, 1.807) is 23.8 Å². The molecule has 0 rings (SSSR count). The molecule has 0 saturated heterocycles. The number of rotatable bonds is 8. The fourth-order valence-corrected chi connectivity index (χ4v) is 1.37. The van der Waals surface area contributed by atoms with Crippen LogP contribution in [-0.2, 0) is 9.59 Å². The van der Waals surface area contributed by atoms with Gasteiger partial charge in [-0.3, -0.25) is 9.59 Å². The highest BCUT2D eigenvalue weighted by Crippen LogP contribution is 1.92. The lowest BCUT2D eigenvalue weighted by Crippen LogP contribution is -2.41. The third kappa shape index (κ3) is 7.74. The van der Waals surface area contributed by atoms with Gasteiger partial charge in [0, 0.05) is 47.1 Å². The average molecular weight is 243 g/mol. The van der Waals surface area contributed by atoms with Gasteiger partial charge in [-0.15, -0.1) is 0 Å². The van der Waals surface area contributed by atoms with E-state index in [0.29, 0.717) is 19.6 Å². The monoisotopic (exact) mass is 243 g/mol. The van der Waals surface area contributed by atoms with Gasteiger partial charge in [-0.25, -0.2) is 0 Å². The van der Waals surface area contributed by atoms with Crippen LogP contribution in [-0.4, -0.2) is 61.4 Å². The Bertz CT molecular complexity index is 244. The SMILES string of the molecule is CCCNCCN(CCN(C)C(C)=O)C(C)=O. The molecule has 5 nitrogen and oxygen atoms in total. The number of amides is 2. The van der Waals surface area contributed by atoms with Crippen molar-refractivity contribution in [1.82, 2.24) is 15.1 Å². The first-order valence-electron chi connectivity index (χ1n) is 6.17. The second-order valence-electron chi connectivity index (χ2n) is 4.20. The second-order valence-corrected chi connectivity index (χ2v) is 4.20. The van der Waals surface area contributed by atoms with Crippen LogP contribution < -0.4 is 5.32 Å². The Hall–Kier alpha value is -1.10. The van der Waals surface area contributed by atoms with Gasteiger partial charge < -0.3 is 15.1 Å². The van der Waals surface area contributed by atoms with Crippen LogP contribution in [0.4, 0.5) is 0 Å². The van der Waals surface area contributed by atoms with E-state index in [2.05, 4.69) is 12.2 Å². The van der Waals surface area contributed by atoms with Crippen molar-refractivity contribution >= 4 is 11.8 Å². The minimum absolute atomic E-state index is 0.0256. The van der Waals surface area contributed by atoms with Crippen LogP contribution in [0.1, 0.15) is 27.2 Å². The maximum Gasteiger partial charge on any atom is 0.219 e. The number of hydrogen-bond acceptors (Lipinski definition) is 3. The van der Waals surface area contributed by atoms with E-state index in [4.69, 9.17) is 0 Å². The van der Waals surface area contributed by atoms with Gasteiger partial charge in [0.05, 0.1) is 0 Å². The number of carbonyl (C=O) groups excluding carboxylic acids is 2. The molecule has 17 heavy (non-hydrogen) atoms. The van der Waals surface area contributed by atoms with Crippen molar-refractivity contribution in [3.8, 4) is 0 Å². The fourth-order valence-electron chi connectivity index (χ4n) is 1.37. The molecule has 0 bridgehead atoms. The number of nitrogens with one attached hydrogen (secondary N) is 1. The van der Waals surface area contributed by atoms with E-state index in [0.717, 1.165) is 19.5 Å². The Morgan fingerprint density at radius 1 is 1.00 bits per heavy atom. The lowest BCUT2D eigenvalue weighted by Gasteiger charge is -2.24. The van der Waals surface area contributed by atoms with Crippen molar-refractivity contribution in [3.05, 3.63) is 0 Å². The molecule has 1 N–H and O–H groups in total. The molecule has 5 heteroatoms. The highest BCUT2D eigenvalue weighted by atomic mass is 16.2. The molecule has 0 atom stereocenters. The Balaban J connectivity index is 3.90. The summed E-state index contributed by atoms with van der Waals surface area (Å²) in [5.41, 5.74) is 0. The van der Waals surface area contributed by atoms with E-state index in [-0.39, 0.29) is 11.8 Å². The summed E-state index contributed by atoms with van der Waals surface area (Å²) in [5, 5.41) is 3.26. The first kappa shape index (κ1) is 15.9. The molecule has 0 aromatic carbocycles. The maximum absolute atomic E-state index is 11.4. The summed E-state index contributed by atoms with van der Waals surface area (Å²) >= 11 is 0. The predicted molar refractivity (Wildman–Crippen MR) is 68.7 cm³/mol. The van der Waals surface area contributed by atoms with Gasteiger partial charge in [0.2, 0.25) is 11.8 Å². The first-order chi connectivity index (χ1) is 7.99. The van der Waals surface area contributed by atoms with Crippen molar-refractivity contribution in [1.29, 1.82) is 0 Å². The highest BCUT2D eigenvalue weighted by Gasteiger charge is 2.10. The standard InChI is InChI=1S/C12H25N3O2/c1-5-6-13-7-8-15(12(3)17)10-9-14(4)11(2)16/h13H,5-10H2,1-4H3. The lowest BCUT2D eigenvalue weighted by molar-refractivity contribution is -0.132. The molecule has 0 radical (unpaired) electrons. The average Bonchev–Trinajstić information content (AvgIpc) is 2.27. The van der Waals surface area contributed by atoms with Crippen LogP contribution in [0.5, 0.6) is 0 Å². The Morgan fingerprint density at radius 3 is 2.12 bits per heavy atom. The minimum atomic E-state index is 0.0256. The molecule has 0 aliphatic carbocycles. The molecule has 0 saturated carbocycles. The van der Waals surface area contributed by atoms with E-state index >= 15 is 0 Å². The number of nitrogens with zero attached hydrogens (tertiary/aromatic N) is 2. The molecule has 100 valence electrons. The molecular formula is C12H25N3O2. The topological polar surface area (TPSA) is 52.6 Å². The van der Waals surface area contributed by atoms with Crippen LogP contribution in [0.15, 0.2) is 0 Å². The van der Waals surface area contributed by atoms with Gasteiger partial charge in [-0.1, -0.05) is 6.92 Å². The van der Waals surface area contributed by atoms with Crippen LogP contribution in [0, 0.1) is 0 Å². The van der Waals surface area contributed by atoms with Gasteiger partial charge in [0.15, 0.2) is 0 Å². The highest BCUT2D eigenvalue weighted by molar-refractivity contribution is 5.74. The first-order valence-corrected chi connectivity index (χ1v) is 6.17. The summed E-state index contributed by atoms with van der Waals surface area (Å²) in [6.45, 7) is 8.85. The normalized spacial score (nSPS) is 10.1.